The number of hydrogen-bond acceptors (Lipinski definition) is 4. The molecule has 0 aliphatic heterocycles. The maximum Gasteiger partial charge on any atom is 0.335 e. The number of hydrogen-bond donors (Lipinski definition) is 2. The number of benzene rings is 1. The lowest BCUT2D eigenvalue weighted by Crippen LogP contribution is -2.26. The Kier molecular flexibility index (Phi) is 4.66. The molecule has 0 fully saturated rings. The van der Waals surface area contributed by atoms with Gasteiger partial charge in [0.2, 0.25) is 10.0 Å². The van der Waals surface area contributed by atoms with Crippen LogP contribution in [0.15, 0.2) is 53.6 Å². The van der Waals surface area contributed by atoms with E-state index in [1.807, 2.05) is 6.07 Å². The van der Waals surface area contributed by atoms with E-state index in [-0.39, 0.29) is 17.0 Å². The summed E-state index contributed by atoms with van der Waals surface area (Å²) in [7, 11) is -3.73. The van der Waals surface area contributed by atoms with Gasteiger partial charge in [0.1, 0.15) is 0 Å². The molecule has 7 heteroatoms. The number of rotatable bonds is 6. The molecule has 1 aromatic carbocycles. The van der Waals surface area contributed by atoms with Crippen molar-refractivity contribution in [3.05, 3.63) is 59.9 Å². The maximum absolute atomic E-state index is 12.1. The van der Waals surface area contributed by atoms with Crippen molar-refractivity contribution in [2.24, 2.45) is 0 Å². The fourth-order valence-electron chi connectivity index (χ4n) is 1.74. The van der Waals surface area contributed by atoms with Crippen LogP contribution in [0.3, 0.4) is 0 Å². The van der Waals surface area contributed by atoms with E-state index >= 15 is 0 Å². The summed E-state index contributed by atoms with van der Waals surface area (Å²) in [6.45, 7) is 0.191. The lowest BCUT2D eigenvalue weighted by Gasteiger charge is -2.07. The van der Waals surface area contributed by atoms with Crippen molar-refractivity contribution in [2.75, 3.05) is 6.54 Å². The number of carboxylic acids is 1. The molecule has 2 N–H and O–H groups in total. The topological polar surface area (TPSA) is 96.4 Å². The van der Waals surface area contributed by atoms with Crippen molar-refractivity contribution in [1.82, 2.24) is 9.71 Å². The molecular weight excluding hydrogens is 292 g/mol. The lowest BCUT2D eigenvalue weighted by atomic mass is 10.2. The molecule has 1 heterocycles. The van der Waals surface area contributed by atoms with Gasteiger partial charge in [0.25, 0.3) is 0 Å². The van der Waals surface area contributed by atoms with E-state index in [0.717, 1.165) is 11.8 Å². The molecule has 2 rings (SSSR count). The normalized spacial score (nSPS) is 11.2. The first-order chi connectivity index (χ1) is 9.99. The number of pyridine rings is 1. The summed E-state index contributed by atoms with van der Waals surface area (Å²) in [6.07, 6.45) is 2.10. The molecule has 0 bridgehead atoms. The van der Waals surface area contributed by atoms with Crippen LogP contribution in [-0.2, 0) is 16.4 Å². The Bertz CT molecular complexity index is 730. The van der Waals surface area contributed by atoms with Gasteiger partial charge in [-0.05, 0) is 30.3 Å². The van der Waals surface area contributed by atoms with E-state index < -0.39 is 16.0 Å². The molecule has 0 aliphatic carbocycles. The Hall–Kier alpha value is -2.25. The molecule has 2 aromatic rings. The van der Waals surface area contributed by atoms with Gasteiger partial charge in [-0.25, -0.2) is 17.9 Å². The number of aromatic nitrogens is 1. The molecule has 110 valence electrons. The molecule has 0 spiro atoms. The number of nitrogens with one attached hydrogen (secondary N) is 1. The van der Waals surface area contributed by atoms with Crippen LogP contribution in [0.5, 0.6) is 0 Å². The van der Waals surface area contributed by atoms with Crippen LogP contribution in [-0.4, -0.2) is 31.0 Å². The number of sulfonamides is 1. The first-order valence-corrected chi connectivity index (χ1v) is 7.70. The third-order valence-corrected chi connectivity index (χ3v) is 4.25. The smallest absolute Gasteiger partial charge is 0.335 e. The van der Waals surface area contributed by atoms with Crippen molar-refractivity contribution in [2.45, 2.75) is 11.3 Å². The average Bonchev–Trinajstić information content (AvgIpc) is 2.48. The maximum atomic E-state index is 12.1. The fourth-order valence-corrected chi connectivity index (χ4v) is 2.82. The van der Waals surface area contributed by atoms with Gasteiger partial charge < -0.3 is 5.11 Å². The van der Waals surface area contributed by atoms with Crippen LogP contribution in [0.25, 0.3) is 0 Å². The Morgan fingerprint density at radius 1 is 1.19 bits per heavy atom. The highest BCUT2D eigenvalue weighted by atomic mass is 32.2. The van der Waals surface area contributed by atoms with Gasteiger partial charge in [0.15, 0.2) is 0 Å². The number of carbonyl (C=O) groups is 1. The van der Waals surface area contributed by atoms with Gasteiger partial charge in [-0.15, -0.1) is 0 Å². The van der Waals surface area contributed by atoms with Gasteiger partial charge >= 0.3 is 5.97 Å². The van der Waals surface area contributed by atoms with E-state index in [1.165, 1.54) is 18.2 Å². The Balaban J connectivity index is 2.05. The SMILES string of the molecule is O=C(O)c1cccc(S(=O)(=O)NCCc2ccccn2)c1. The highest BCUT2D eigenvalue weighted by Crippen LogP contribution is 2.11. The molecule has 0 saturated carbocycles. The van der Waals surface area contributed by atoms with Gasteiger partial charge in [-0.3, -0.25) is 4.98 Å². The first-order valence-electron chi connectivity index (χ1n) is 6.22. The van der Waals surface area contributed by atoms with Crippen LogP contribution >= 0.6 is 0 Å². The molecular formula is C14H14N2O4S. The summed E-state index contributed by atoms with van der Waals surface area (Å²) in [5.74, 6) is -1.17. The third kappa shape index (κ3) is 4.11. The minimum atomic E-state index is -3.73. The molecule has 0 unspecified atom stereocenters. The molecule has 0 saturated heterocycles. The van der Waals surface area contributed by atoms with E-state index in [9.17, 15) is 13.2 Å². The van der Waals surface area contributed by atoms with Crippen LogP contribution in [0.1, 0.15) is 16.1 Å². The zero-order chi connectivity index (χ0) is 15.3. The summed E-state index contributed by atoms with van der Waals surface area (Å²) in [5.41, 5.74) is 0.710. The number of aromatic carboxylic acids is 1. The lowest BCUT2D eigenvalue weighted by molar-refractivity contribution is 0.0696. The molecule has 21 heavy (non-hydrogen) atoms. The van der Waals surface area contributed by atoms with Gasteiger partial charge in [-0.1, -0.05) is 12.1 Å². The monoisotopic (exact) mass is 306 g/mol. The van der Waals surface area contributed by atoms with Crippen molar-refractivity contribution < 1.29 is 18.3 Å². The zero-order valence-electron chi connectivity index (χ0n) is 11.1. The van der Waals surface area contributed by atoms with Crippen molar-refractivity contribution in [3.63, 3.8) is 0 Å². The summed E-state index contributed by atoms with van der Waals surface area (Å²) >= 11 is 0. The summed E-state index contributed by atoms with van der Waals surface area (Å²) in [6, 6.07) is 10.6. The van der Waals surface area contributed by atoms with Crippen LogP contribution in [0.2, 0.25) is 0 Å². The fraction of sp³-hybridized carbons (Fsp3) is 0.143. The highest BCUT2D eigenvalue weighted by Gasteiger charge is 2.15. The van der Waals surface area contributed by atoms with E-state index in [2.05, 4.69) is 9.71 Å². The van der Waals surface area contributed by atoms with Crippen molar-refractivity contribution in [3.8, 4) is 0 Å². The van der Waals surface area contributed by atoms with E-state index in [0.29, 0.717) is 6.42 Å². The Labute approximate surface area is 122 Å². The minimum Gasteiger partial charge on any atom is -0.478 e. The Morgan fingerprint density at radius 3 is 2.67 bits per heavy atom. The van der Waals surface area contributed by atoms with Crippen LogP contribution in [0, 0.1) is 0 Å². The van der Waals surface area contributed by atoms with Gasteiger partial charge in [-0.2, -0.15) is 0 Å². The van der Waals surface area contributed by atoms with E-state index in [1.54, 1.807) is 18.3 Å². The molecule has 0 amide bonds. The number of nitrogens with zero attached hydrogens (tertiary/aromatic N) is 1. The Morgan fingerprint density at radius 2 is 2.00 bits per heavy atom. The zero-order valence-corrected chi connectivity index (χ0v) is 11.9. The van der Waals surface area contributed by atoms with Crippen molar-refractivity contribution >= 4 is 16.0 Å². The second-order valence-electron chi connectivity index (χ2n) is 4.30. The van der Waals surface area contributed by atoms with Crippen molar-refractivity contribution in [1.29, 1.82) is 0 Å². The summed E-state index contributed by atoms with van der Waals surface area (Å²) in [5, 5.41) is 8.88. The number of carboxylic acid groups (broad SMARTS) is 1. The van der Waals surface area contributed by atoms with Gasteiger partial charge in [0.05, 0.1) is 10.5 Å². The second kappa shape index (κ2) is 6.47. The first kappa shape index (κ1) is 15.1. The molecule has 0 aliphatic rings. The predicted octanol–water partition coefficient (Wildman–Crippen LogP) is 1.30. The van der Waals surface area contributed by atoms with Gasteiger partial charge in [0, 0.05) is 24.9 Å². The molecule has 1 aromatic heterocycles. The van der Waals surface area contributed by atoms with E-state index in [4.69, 9.17) is 5.11 Å². The quantitative estimate of drug-likeness (QED) is 0.838. The van der Waals surface area contributed by atoms with Crippen LogP contribution < -0.4 is 4.72 Å². The largest absolute Gasteiger partial charge is 0.478 e. The third-order valence-electron chi connectivity index (χ3n) is 2.79. The average molecular weight is 306 g/mol. The molecule has 0 atom stereocenters. The summed E-state index contributed by atoms with van der Waals surface area (Å²) in [4.78, 5) is 14.9. The highest BCUT2D eigenvalue weighted by molar-refractivity contribution is 7.89. The second-order valence-corrected chi connectivity index (χ2v) is 6.07. The predicted molar refractivity (Wildman–Crippen MR) is 76.5 cm³/mol. The molecule has 6 nitrogen and oxygen atoms in total. The standard InChI is InChI=1S/C14H14N2O4S/c17-14(18)11-4-3-6-13(10-11)21(19,20)16-9-7-12-5-1-2-8-15-12/h1-6,8,10,16H,7,9H2,(H,17,18). The minimum absolute atomic E-state index is 0.0663. The molecule has 0 radical (unpaired) electrons. The summed E-state index contributed by atoms with van der Waals surface area (Å²) < 4.78 is 26.6. The van der Waals surface area contributed by atoms with Crippen LogP contribution in [0.4, 0.5) is 0 Å².